The van der Waals surface area contributed by atoms with E-state index in [9.17, 15) is 19.3 Å². The molecule has 154 valence electrons. The molecule has 7 nitrogen and oxygen atoms in total. The van der Waals surface area contributed by atoms with E-state index >= 15 is 0 Å². The molecule has 0 atom stereocenters. The average Bonchev–Trinajstić information content (AvgIpc) is 3.21. The van der Waals surface area contributed by atoms with E-state index in [4.69, 9.17) is 0 Å². The van der Waals surface area contributed by atoms with E-state index in [1.807, 2.05) is 31.2 Å². The summed E-state index contributed by atoms with van der Waals surface area (Å²) in [6.45, 7) is 1.93. The first-order valence-corrected chi connectivity index (χ1v) is 9.39. The maximum Gasteiger partial charge on any atom is 0.274 e. The Hall–Kier alpha value is -4.33. The number of nitrogens with zero attached hydrogens (tertiary/aromatic N) is 3. The summed E-state index contributed by atoms with van der Waals surface area (Å²) in [7, 11) is 0. The maximum atomic E-state index is 13.2. The van der Waals surface area contributed by atoms with Crippen LogP contribution in [0.15, 0.2) is 78.9 Å². The third kappa shape index (κ3) is 4.32. The molecule has 0 radical (unpaired) electrons. The number of halogens is 1. The van der Waals surface area contributed by atoms with Crippen LogP contribution in [-0.4, -0.2) is 20.6 Å². The molecule has 8 heteroatoms. The van der Waals surface area contributed by atoms with Crippen molar-refractivity contribution in [3.05, 3.63) is 106 Å². The SMILES string of the molecule is Cc1cccc(-n2nc(-c3ccc([N+](=O)[O-])cc3)cc2C(=O)Nc2ccc(F)cc2)c1. The Labute approximate surface area is 176 Å². The molecule has 0 bridgehead atoms. The van der Waals surface area contributed by atoms with E-state index in [1.165, 1.54) is 41.1 Å². The summed E-state index contributed by atoms with van der Waals surface area (Å²) in [6.07, 6.45) is 0. The molecule has 0 aliphatic heterocycles. The minimum absolute atomic E-state index is 0.0313. The summed E-state index contributed by atoms with van der Waals surface area (Å²) in [5.41, 5.74) is 3.49. The fraction of sp³-hybridized carbons (Fsp3) is 0.0435. The molecule has 1 amide bonds. The quantitative estimate of drug-likeness (QED) is 0.360. The summed E-state index contributed by atoms with van der Waals surface area (Å²) >= 11 is 0. The van der Waals surface area contributed by atoms with E-state index < -0.39 is 16.6 Å². The van der Waals surface area contributed by atoms with Gasteiger partial charge in [0.05, 0.1) is 16.3 Å². The number of nitrogens with one attached hydrogen (secondary N) is 1. The van der Waals surface area contributed by atoms with Crippen LogP contribution >= 0.6 is 0 Å². The van der Waals surface area contributed by atoms with Gasteiger partial charge >= 0.3 is 0 Å². The lowest BCUT2D eigenvalue weighted by Crippen LogP contribution is -2.17. The first-order chi connectivity index (χ1) is 14.9. The van der Waals surface area contributed by atoms with Gasteiger partial charge in [-0.25, -0.2) is 9.07 Å². The zero-order valence-electron chi connectivity index (χ0n) is 16.4. The fourth-order valence-electron chi connectivity index (χ4n) is 3.12. The lowest BCUT2D eigenvalue weighted by molar-refractivity contribution is -0.384. The summed E-state index contributed by atoms with van der Waals surface area (Å²) < 4.78 is 14.7. The highest BCUT2D eigenvalue weighted by Gasteiger charge is 2.19. The topological polar surface area (TPSA) is 90.1 Å². The molecule has 0 fully saturated rings. The summed E-state index contributed by atoms with van der Waals surface area (Å²) in [5.74, 6) is -0.822. The van der Waals surface area contributed by atoms with Crippen molar-refractivity contribution in [2.45, 2.75) is 6.92 Å². The van der Waals surface area contributed by atoms with Crippen molar-refractivity contribution in [1.29, 1.82) is 0 Å². The molecular formula is C23H17FN4O3. The van der Waals surface area contributed by atoms with Crippen molar-refractivity contribution < 1.29 is 14.1 Å². The van der Waals surface area contributed by atoms with Crippen LogP contribution in [0.25, 0.3) is 16.9 Å². The molecule has 0 saturated carbocycles. The number of benzene rings is 3. The van der Waals surface area contributed by atoms with Gasteiger partial charge in [-0.05, 0) is 67.1 Å². The van der Waals surface area contributed by atoms with Crippen molar-refractivity contribution in [2.75, 3.05) is 5.32 Å². The predicted octanol–water partition coefficient (Wildman–Crippen LogP) is 5.15. The maximum absolute atomic E-state index is 13.2. The molecular weight excluding hydrogens is 399 g/mol. The highest BCUT2D eigenvalue weighted by atomic mass is 19.1. The third-order valence-electron chi connectivity index (χ3n) is 4.66. The zero-order valence-corrected chi connectivity index (χ0v) is 16.4. The second-order valence-corrected chi connectivity index (χ2v) is 6.93. The monoisotopic (exact) mass is 416 g/mol. The Morgan fingerprint density at radius 2 is 1.74 bits per heavy atom. The van der Waals surface area contributed by atoms with E-state index in [1.54, 1.807) is 18.2 Å². The normalized spacial score (nSPS) is 10.6. The summed E-state index contributed by atoms with van der Waals surface area (Å²) in [4.78, 5) is 23.5. The smallest absolute Gasteiger partial charge is 0.274 e. The number of nitro benzene ring substituents is 1. The number of non-ortho nitro benzene ring substituents is 1. The number of nitro groups is 1. The van der Waals surface area contributed by atoms with Crippen LogP contribution in [0.2, 0.25) is 0 Å². The van der Waals surface area contributed by atoms with E-state index in [0.29, 0.717) is 22.6 Å². The van der Waals surface area contributed by atoms with E-state index in [-0.39, 0.29) is 11.4 Å². The van der Waals surface area contributed by atoms with Crippen molar-refractivity contribution in [2.24, 2.45) is 0 Å². The van der Waals surface area contributed by atoms with Gasteiger partial charge in [-0.15, -0.1) is 0 Å². The molecule has 0 aliphatic carbocycles. The first kappa shape index (κ1) is 20.0. The highest BCUT2D eigenvalue weighted by Crippen LogP contribution is 2.25. The molecule has 1 heterocycles. The molecule has 0 spiro atoms. The van der Waals surface area contributed by atoms with Gasteiger partial charge in [0.15, 0.2) is 0 Å². The molecule has 1 aromatic heterocycles. The molecule has 0 saturated heterocycles. The second-order valence-electron chi connectivity index (χ2n) is 6.93. The number of carbonyl (C=O) groups is 1. The lowest BCUT2D eigenvalue weighted by atomic mass is 10.1. The number of carbonyl (C=O) groups excluding carboxylic acids is 1. The van der Waals surface area contributed by atoms with Gasteiger partial charge in [0.1, 0.15) is 11.5 Å². The van der Waals surface area contributed by atoms with Crippen molar-refractivity contribution in [1.82, 2.24) is 9.78 Å². The molecule has 4 aromatic rings. The van der Waals surface area contributed by atoms with E-state index in [2.05, 4.69) is 10.4 Å². The first-order valence-electron chi connectivity index (χ1n) is 9.39. The number of aryl methyl sites for hydroxylation is 1. The lowest BCUT2D eigenvalue weighted by Gasteiger charge is -2.09. The van der Waals surface area contributed by atoms with Gasteiger partial charge in [0, 0.05) is 23.4 Å². The van der Waals surface area contributed by atoms with Crippen molar-refractivity contribution in [3.8, 4) is 16.9 Å². The van der Waals surface area contributed by atoms with Crippen LogP contribution in [0.5, 0.6) is 0 Å². The van der Waals surface area contributed by atoms with Crippen LogP contribution in [0, 0.1) is 22.9 Å². The summed E-state index contributed by atoms with van der Waals surface area (Å²) in [6, 6.07) is 20.5. The van der Waals surface area contributed by atoms with Crippen molar-refractivity contribution >= 4 is 17.3 Å². The molecule has 0 aliphatic rings. The number of aromatic nitrogens is 2. The predicted molar refractivity (Wildman–Crippen MR) is 115 cm³/mol. The average molecular weight is 416 g/mol. The number of hydrogen-bond donors (Lipinski definition) is 1. The Kier molecular flexibility index (Phi) is 5.28. The van der Waals surface area contributed by atoms with Crippen LogP contribution < -0.4 is 5.32 Å². The Morgan fingerprint density at radius 1 is 1.03 bits per heavy atom. The minimum Gasteiger partial charge on any atom is -0.321 e. The van der Waals surface area contributed by atoms with Crippen LogP contribution in [0.3, 0.4) is 0 Å². The highest BCUT2D eigenvalue weighted by molar-refractivity contribution is 6.04. The second kappa shape index (κ2) is 8.19. The van der Waals surface area contributed by atoms with Crippen molar-refractivity contribution in [3.63, 3.8) is 0 Å². The largest absolute Gasteiger partial charge is 0.321 e. The number of hydrogen-bond acceptors (Lipinski definition) is 4. The van der Waals surface area contributed by atoms with Crippen LogP contribution in [0.1, 0.15) is 16.1 Å². The minimum atomic E-state index is -0.475. The van der Waals surface area contributed by atoms with E-state index in [0.717, 1.165) is 5.56 Å². The Balaban J connectivity index is 1.75. The van der Waals surface area contributed by atoms with Gasteiger partial charge in [-0.1, -0.05) is 12.1 Å². The summed E-state index contributed by atoms with van der Waals surface area (Å²) in [5, 5.41) is 18.2. The van der Waals surface area contributed by atoms with Gasteiger partial charge < -0.3 is 5.32 Å². The van der Waals surface area contributed by atoms with Gasteiger partial charge in [-0.3, -0.25) is 14.9 Å². The fourth-order valence-corrected chi connectivity index (χ4v) is 3.12. The molecule has 31 heavy (non-hydrogen) atoms. The number of rotatable bonds is 5. The van der Waals surface area contributed by atoms with Gasteiger partial charge in [0.2, 0.25) is 0 Å². The number of amides is 1. The molecule has 3 aromatic carbocycles. The third-order valence-corrected chi connectivity index (χ3v) is 4.66. The van der Waals surface area contributed by atoms with Gasteiger partial charge in [0.25, 0.3) is 11.6 Å². The van der Waals surface area contributed by atoms with Crippen LogP contribution in [-0.2, 0) is 0 Å². The Bertz CT molecular complexity index is 1260. The molecule has 4 rings (SSSR count). The number of anilines is 1. The molecule has 1 N–H and O–H groups in total. The zero-order chi connectivity index (χ0) is 22.0. The Morgan fingerprint density at radius 3 is 2.39 bits per heavy atom. The van der Waals surface area contributed by atoms with Gasteiger partial charge in [-0.2, -0.15) is 5.10 Å². The standard InChI is InChI=1S/C23H17FN4O3/c1-15-3-2-4-20(13-15)27-22(23(29)25-18-9-7-17(24)8-10-18)14-21(26-27)16-5-11-19(12-6-16)28(30)31/h2-14H,1H3,(H,25,29). The van der Waals surface area contributed by atoms with Crippen LogP contribution in [0.4, 0.5) is 15.8 Å². The molecule has 0 unspecified atom stereocenters.